The van der Waals surface area contributed by atoms with E-state index in [1.807, 2.05) is 0 Å². The van der Waals surface area contributed by atoms with Crippen molar-refractivity contribution >= 4 is 35.6 Å². The molecule has 3 rings (SSSR count). The fourth-order valence-corrected chi connectivity index (χ4v) is 3.61. The SMILES string of the molecule is CCNC(=NCc1ccccc1N1CCOCC1)NCCCOCC1CCOC1.I. The molecule has 2 saturated heterocycles. The number of guanidine groups is 1. The van der Waals surface area contributed by atoms with Gasteiger partial charge in [-0.3, -0.25) is 0 Å². The number of benzene rings is 1. The molecule has 0 bridgehead atoms. The first-order valence-electron chi connectivity index (χ1n) is 10.9. The molecule has 7 nitrogen and oxygen atoms in total. The van der Waals surface area contributed by atoms with Gasteiger partial charge in [-0.1, -0.05) is 18.2 Å². The largest absolute Gasteiger partial charge is 0.381 e. The fourth-order valence-electron chi connectivity index (χ4n) is 3.61. The Bertz CT molecular complexity index is 620. The van der Waals surface area contributed by atoms with E-state index >= 15 is 0 Å². The molecule has 0 radical (unpaired) electrons. The van der Waals surface area contributed by atoms with Crippen molar-refractivity contribution in [2.24, 2.45) is 10.9 Å². The lowest BCUT2D eigenvalue weighted by Gasteiger charge is -2.30. The zero-order valence-electron chi connectivity index (χ0n) is 18.1. The maximum absolute atomic E-state index is 5.78. The molecule has 2 aliphatic heterocycles. The van der Waals surface area contributed by atoms with E-state index < -0.39 is 0 Å². The van der Waals surface area contributed by atoms with E-state index in [4.69, 9.17) is 19.2 Å². The van der Waals surface area contributed by atoms with Crippen LogP contribution in [0.5, 0.6) is 0 Å². The smallest absolute Gasteiger partial charge is 0.191 e. The highest BCUT2D eigenvalue weighted by molar-refractivity contribution is 14.0. The third kappa shape index (κ3) is 8.56. The molecule has 2 fully saturated rings. The summed E-state index contributed by atoms with van der Waals surface area (Å²) in [4.78, 5) is 7.19. The number of anilines is 1. The number of rotatable bonds is 10. The molecule has 0 spiro atoms. The van der Waals surface area contributed by atoms with Crippen molar-refractivity contribution in [3.63, 3.8) is 0 Å². The van der Waals surface area contributed by atoms with E-state index in [9.17, 15) is 0 Å². The van der Waals surface area contributed by atoms with Crippen LogP contribution >= 0.6 is 24.0 Å². The third-order valence-electron chi connectivity index (χ3n) is 5.23. The molecule has 170 valence electrons. The fraction of sp³-hybridized carbons (Fsp3) is 0.682. The monoisotopic (exact) mass is 532 g/mol. The highest BCUT2D eigenvalue weighted by Gasteiger charge is 2.15. The average Bonchev–Trinajstić information content (AvgIpc) is 3.29. The summed E-state index contributed by atoms with van der Waals surface area (Å²) in [6.07, 6.45) is 2.09. The second-order valence-electron chi connectivity index (χ2n) is 7.51. The van der Waals surface area contributed by atoms with Crippen LogP contribution in [0.4, 0.5) is 5.69 Å². The van der Waals surface area contributed by atoms with E-state index in [1.165, 1.54) is 11.3 Å². The van der Waals surface area contributed by atoms with Crippen LogP contribution in [-0.4, -0.2) is 71.8 Å². The van der Waals surface area contributed by atoms with Crippen LogP contribution in [0.25, 0.3) is 0 Å². The zero-order chi connectivity index (χ0) is 20.2. The van der Waals surface area contributed by atoms with Crippen LogP contribution in [0.3, 0.4) is 0 Å². The number of aliphatic imine (C=N–C) groups is 1. The van der Waals surface area contributed by atoms with Gasteiger partial charge in [-0.15, -0.1) is 24.0 Å². The quantitative estimate of drug-likeness (QED) is 0.209. The van der Waals surface area contributed by atoms with Gasteiger partial charge in [0.15, 0.2) is 5.96 Å². The predicted molar refractivity (Wildman–Crippen MR) is 132 cm³/mol. The number of hydrogen-bond donors (Lipinski definition) is 2. The van der Waals surface area contributed by atoms with E-state index in [0.29, 0.717) is 12.5 Å². The van der Waals surface area contributed by atoms with Gasteiger partial charge in [-0.05, 0) is 31.4 Å². The molecule has 2 N–H and O–H groups in total. The third-order valence-corrected chi connectivity index (χ3v) is 5.23. The number of nitrogens with one attached hydrogen (secondary N) is 2. The summed E-state index contributed by atoms with van der Waals surface area (Å²) >= 11 is 0. The van der Waals surface area contributed by atoms with Crippen molar-refractivity contribution in [3.8, 4) is 0 Å². The van der Waals surface area contributed by atoms with Gasteiger partial charge < -0.3 is 29.7 Å². The summed E-state index contributed by atoms with van der Waals surface area (Å²) in [5.74, 6) is 1.43. The maximum Gasteiger partial charge on any atom is 0.191 e. The molecule has 0 amide bonds. The second kappa shape index (κ2) is 14.8. The van der Waals surface area contributed by atoms with E-state index in [1.54, 1.807) is 0 Å². The van der Waals surface area contributed by atoms with Crippen molar-refractivity contribution in [2.75, 3.05) is 70.7 Å². The van der Waals surface area contributed by atoms with Gasteiger partial charge in [-0.2, -0.15) is 0 Å². The molecule has 1 unspecified atom stereocenters. The van der Waals surface area contributed by atoms with Crippen LogP contribution in [0.2, 0.25) is 0 Å². The predicted octanol–water partition coefficient (Wildman–Crippen LogP) is 2.64. The van der Waals surface area contributed by atoms with Crippen LogP contribution in [0.1, 0.15) is 25.3 Å². The first-order valence-corrected chi connectivity index (χ1v) is 10.9. The topological polar surface area (TPSA) is 67.4 Å². The lowest BCUT2D eigenvalue weighted by Crippen LogP contribution is -2.38. The van der Waals surface area contributed by atoms with Gasteiger partial charge in [0.25, 0.3) is 0 Å². The molecule has 1 aromatic rings. The van der Waals surface area contributed by atoms with Crippen molar-refractivity contribution < 1.29 is 14.2 Å². The number of para-hydroxylation sites is 1. The first-order chi connectivity index (χ1) is 14.4. The molecule has 0 saturated carbocycles. The Morgan fingerprint density at radius 2 is 2.00 bits per heavy atom. The lowest BCUT2D eigenvalue weighted by atomic mass is 10.1. The van der Waals surface area contributed by atoms with Gasteiger partial charge in [-0.25, -0.2) is 4.99 Å². The van der Waals surface area contributed by atoms with Crippen molar-refractivity contribution in [3.05, 3.63) is 29.8 Å². The Morgan fingerprint density at radius 1 is 1.17 bits per heavy atom. The minimum absolute atomic E-state index is 0. The van der Waals surface area contributed by atoms with Crippen LogP contribution < -0.4 is 15.5 Å². The van der Waals surface area contributed by atoms with E-state index in [-0.39, 0.29) is 24.0 Å². The number of ether oxygens (including phenoxy) is 3. The highest BCUT2D eigenvalue weighted by Crippen LogP contribution is 2.22. The Morgan fingerprint density at radius 3 is 2.77 bits per heavy atom. The van der Waals surface area contributed by atoms with Crippen molar-refractivity contribution in [2.45, 2.75) is 26.3 Å². The summed E-state index contributed by atoms with van der Waals surface area (Å²) in [6, 6.07) is 8.53. The summed E-state index contributed by atoms with van der Waals surface area (Å²) in [5, 5.41) is 6.75. The second-order valence-corrected chi connectivity index (χ2v) is 7.51. The van der Waals surface area contributed by atoms with Crippen LogP contribution in [0.15, 0.2) is 29.3 Å². The minimum Gasteiger partial charge on any atom is -0.381 e. The van der Waals surface area contributed by atoms with Gasteiger partial charge in [0, 0.05) is 51.0 Å². The molecule has 0 aromatic heterocycles. The Kier molecular flexibility index (Phi) is 12.4. The average molecular weight is 532 g/mol. The number of morpholine rings is 1. The molecule has 1 atom stereocenters. The van der Waals surface area contributed by atoms with E-state index in [2.05, 4.69) is 46.7 Å². The molecule has 0 aliphatic carbocycles. The Labute approximate surface area is 197 Å². The Hall–Kier alpha value is -1.10. The minimum atomic E-state index is 0. The van der Waals surface area contributed by atoms with Gasteiger partial charge >= 0.3 is 0 Å². The van der Waals surface area contributed by atoms with Crippen LogP contribution in [-0.2, 0) is 20.8 Å². The van der Waals surface area contributed by atoms with Crippen LogP contribution in [0, 0.1) is 5.92 Å². The van der Waals surface area contributed by atoms with Crippen molar-refractivity contribution in [1.29, 1.82) is 0 Å². The summed E-state index contributed by atoms with van der Waals surface area (Å²) in [5.41, 5.74) is 2.51. The summed E-state index contributed by atoms with van der Waals surface area (Å²) < 4.78 is 16.6. The number of hydrogen-bond acceptors (Lipinski definition) is 5. The standard InChI is InChI=1S/C22H36N4O3.HI/c1-2-23-22(24-9-5-12-28-17-19-8-13-29-18-19)25-16-20-6-3-4-7-21(20)26-10-14-27-15-11-26;/h3-4,6-7,19H,2,5,8-18H2,1H3,(H2,23,24,25);1H. The van der Waals surface area contributed by atoms with E-state index in [0.717, 1.165) is 84.6 Å². The normalized spacial score (nSPS) is 19.4. The molecule has 30 heavy (non-hydrogen) atoms. The van der Waals surface area contributed by atoms with Crippen molar-refractivity contribution in [1.82, 2.24) is 10.6 Å². The summed E-state index contributed by atoms with van der Waals surface area (Å²) in [7, 11) is 0. The number of halogens is 1. The zero-order valence-corrected chi connectivity index (χ0v) is 20.4. The lowest BCUT2D eigenvalue weighted by molar-refractivity contribution is 0.0888. The number of nitrogens with zero attached hydrogens (tertiary/aromatic N) is 2. The molecular weight excluding hydrogens is 495 g/mol. The van der Waals surface area contributed by atoms with Gasteiger partial charge in [0.1, 0.15) is 0 Å². The Balaban J connectivity index is 0.00000320. The first kappa shape index (κ1) is 25.2. The molecule has 8 heteroatoms. The van der Waals surface area contributed by atoms with Gasteiger partial charge in [0.05, 0.1) is 33.0 Å². The van der Waals surface area contributed by atoms with Gasteiger partial charge in [0.2, 0.25) is 0 Å². The highest BCUT2D eigenvalue weighted by atomic mass is 127. The maximum atomic E-state index is 5.78. The molecule has 2 aliphatic rings. The molecule has 2 heterocycles. The summed E-state index contributed by atoms with van der Waals surface area (Å²) in [6.45, 7) is 11.2. The molecular formula is C22H37IN4O3. The molecule has 1 aromatic carbocycles.